The van der Waals surface area contributed by atoms with Crippen LogP contribution in [0.5, 0.6) is 0 Å². The molecule has 1 aliphatic heterocycles. The van der Waals surface area contributed by atoms with Crippen molar-refractivity contribution >= 4 is 17.4 Å². The van der Waals surface area contributed by atoms with Gasteiger partial charge in [0.1, 0.15) is 5.78 Å². The van der Waals surface area contributed by atoms with Gasteiger partial charge in [-0.3, -0.25) is 9.59 Å². The zero-order valence-electron chi connectivity index (χ0n) is 14.9. The summed E-state index contributed by atoms with van der Waals surface area (Å²) in [6, 6.07) is 13.8. The average molecular weight is 336 g/mol. The van der Waals surface area contributed by atoms with E-state index in [0.29, 0.717) is 18.4 Å². The zero-order valence-corrected chi connectivity index (χ0v) is 14.9. The number of ketones is 1. The third-order valence-electron chi connectivity index (χ3n) is 4.32. The van der Waals surface area contributed by atoms with E-state index in [0.717, 1.165) is 22.4 Å². The molecule has 1 heterocycles. The summed E-state index contributed by atoms with van der Waals surface area (Å²) < 4.78 is 0. The van der Waals surface area contributed by atoms with E-state index in [-0.39, 0.29) is 23.8 Å². The smallest absolute Gasteiger partial charge is 0.251 e. The highest BCUT2D eigenvalue weighted by Crippen LogP contribution is 2.34. The first-order valence-electron chi connectivity index (χ1n) is 8.75. The summed E-state index contributed by atoms with van der Waals surface area (Å²) in [6.07, 6.45) is 0.985. The lowest BCUT2D eigenvalue weighted by Crippen LogP contribution is -2.30. The second-order valence-electron chi connectivity index (χ2n) is 7.01. The van der Waals surface area contributed by atoms with Gasteiger partial charge in [-0.2, -0.15) is 0 Å². The van der Waals surface area contributed by atoms with Gasteiger partial charge in [0.05, 0.1) is 0 Å². The van der Waals surface area contributed by atoms with E-state index >= 15 is 0 Å². The van der Waals surface area contributed by atoms with Crippen LogP contribution in [-0.2, 0) is 11.2 Å². The predicted molar refractivity (Wildman–Crippen MR) is 101 cm³/mol. The summed E-state index contributed by atoms with van der Waals surface area (Å²) >= 11 is 0. The maximum Gasteiger partial charge on any atom is 0.251 e. The van der Waals surface area contributed by atoms with Crippen LogP contribution < -0.4 is 10.6 Å². The molecule has 4 heteroatoms. The van der Waals surface area contributed by atoms with Crippen LogP contribution >= 0.6 is 0 Å². The van der Waals surface area contributed by atoms with Gasteiger partial charge in [-0.05, 0) is 44.0 Å². The number of benzene rings is 2. The van der Waals surface area contributed by atoms with Crippen molar-refractivity contribution < 1.29 is 9.59 Å². The van der Waals surface area contributed by atoms with E-state index < -0.39 is 0 Å². The Labute approximate surface area is 148 Å². The van der Waals surface area contributed by atoms with Gasteiger partial charge in [0.2, 0.25) is 0 Å². The summed E-state index contributed by atoms with van der Waals surface area (Å²) in [7, 11) is 0. The van der Waals surface area contributed by atoms with Gasteiger partial charge in [-0.1, -0.05) is 30.3 Å². The second kappa shape index (κ2) is 7.09. The normalized spacial score (nSPS) is 16.8. The molecule has 0 aromatic heterocycles. The monoisotopic (exact) mass is 336 g/mol. The molecule has 130 valence electrons. The molecule has 0 saturated heterocycles. The third kappa shape index (κ3) is 3.90. The summed E-state index contributed by atoms with van der Waals surface area (Å²) in [5, 5.41) is 6.40. The Kier molecular flexibility index (Phi) is 4.88. The van der Waals surface area contributed by atoms with E-state index in [9.17, 15) is 9.59 Å². The molecule has 25 heavy (non-hydrogen) atoms. The molecular formula is C21H24N2O2. The molecule has 2 aromatic rings. The van der Waals surface area contributed by atoms with Crippen molar-refractivity contribution in [2.75, 3.05) is 5.32 Å². The van der Waals surface area contributed by atoms with E-state index in [1.54, 1.807) is 0 Å². The molecule has 0 spiro atoms. The lowest BCUT2D eigenvalue weighted by Gasteiger charge is -2.18. The fourth-order valence-corrected chi connectivity index (χ4v) is 3.26. The van der Waals surface area contributed by atoms with Gasteiger partial charge >= 0.3 is 0 Å². The molecule has 1 aliphatic rings. The van der Waals surface area contributed by atoms with Crippen LogP contribution in [0.3, 0.4) is 0 Å². The lowest BCUT2D eigenvalue weighted by molar-refractivity contribution is -0.118. The number of nitrogens with one attached hydrogen (secondary N) is 2. The molecule has 0 saturated carbocycles. The van der Waals surface area contributed by atoms with Crippen molar-refractivity contribution in [1.29, 1.82) is 0 Å². The molecule has 0 unspecified atom stereocenters. The predicted octanol–water partition coefficient (Wildman–Crippen LogP) is 3.81. The van der Waals surface area contributed by atoms with Crippen molar-refractivity contribution in [1.82, 2.24) is 5.32 Å². The van der Waals surface area contributed by atoms with Gasteiger partial charge in [0.15, 0.2) is 0 Å². The summed E-state index contributed by atoms with van der Waals surface area (Å²) in [6.45, 7) is 5.92. The summed E-state index contributed by atoms with van der Waals surface area (Å²) in [5.74, 6) is 0.177. The molecule has 2 N–H and O–H groups in total. The molecular weight excluding hydrogens is 312 g/mol. The largest absolute Gasteiger partial charge is 0.381 e. The van der Waals surface area contributed by atoms with Gasteiger partial charge in [-0.15, -0.1) is 0 Å². The van der Waals surface area contributed by atoms with Gasteiger partial charge < -0.3 is 10.6 Å². The number of amides is 1. The first kappa shape index (κ1) is 17.2. The average Bonchev–Trinajstić information content (AvgIpc) is 2.70. The topological polar surface area (TPSA) is 58.2 Å². The number of para-hydroxylation sites is 1. The van der Waals surface area contributed by atoms with Crippen molar-refractivity contribution in [3.05, 3.63) is 53.6 Å². The Hall–Kier alpha value is -2.62. The van der Waals surface area contributed by atoms with Crippen LogP contribution in [0.2, 0.25) is 0 Å². The number of carbonyl (C=O) groups excluding carboxylic acids is 2. The zero-order chi connectivity index (χ0) is 18.0. The minimum Gasteiger partial charge on any atom is -0.381 e. The molecule has 0 fully saturated rings. The molecule has 1 amide bonds. The Bertz CT molecular complexity index is 811. The quantitative estimate of drug-likeness (QED) is 0.896. The highest BCUT2D eigenvalue weighted by Gasteiger charge is 2.21. The fourth-order valence-electron chi connectivity index (χ4n) is 3.26. The van der Waals surface area contributed by atoms with Crippen molar-refractivity contribution in [2.24, 2.45) is 0 Å². The third-order valence-corrected chi connectivity index (χ3v) is 4.32. The molecule has 1 atom stereocenters. The van der Waals surface area contributed by atoms with Crippen LogP contribution in [0.4, 0.5) is 5.69 Å². The van der Waals surface area contributed by atoms with Crippen LogP contribution in [0, 0.1) is 0 Å². The van der Waals surface area contributed by atoms with E-state index in [1.165, 1.54) is 0 Å². The van der Waals surface area contributed by atoms with Crippen LogP contribution in [0.25, 0.3) is 11.1 Å². The van der Waals surface area contributed by atoms with E-state index in [1.807, 2.05) is 63.2 Å². The molecule has 3 rings (SSSR count). The standard InChI is InChI=1S/C21H24N2O2/c1-13(2)22-21(25)17-8-4-6-15(11-17)19-9-5-7-16-12-18(24)10-14(3)23-20(16)19/h4-9,11,13-14,23H,10,12H2,1-3H3,(H,22,25)/t14-/m1/s1. The highest BCUT2D eigenvalue weighted by atomic mass is 16.1. The van der Waals surface area contributed by atoms with Crippen molar-refractivity contribution in [3.63, 3.8) is 0 Å². The number of carbonyl (C=O) groups is 2. The maximum absolute atomic E-state index is 12.3. The number of hydrogen-bond acceptors (Lipinski definition) is 3. The van der Waals surface area contributed by atoms with Crippen molar-refractivity contribution in [3.8, 4) is 11.1 Å². The summed E-state index contributed by atoms with van der Waals surface area (Å²) in [4.78, 5) is 24.4. The SMILES string of the molecule is CC(C)NC(=O)c1cccc(-c2cccc3c2N[C@H](C)CC(=O)C3)c1. The minimum atomic E-state index is -0.0737. The molecule has 4 nitrogen and oxygen atoms in total. The Morgan fingerprint density at radius 1 is 1.20 bits per heavy atom. The Morgan fingerprint density at radius 3 is 2.72 bits per heavy atom. The first-order valence-corrected chi connectivity index (χ1v) is 8.75. The molecule has 2 aromatic carbocycles. The number of fused-ring (bicyclic) bond motifs is 1. The molecule has 0 radical (unpaired) electrons. The van der Waals surface area contributed by atoms with Crippen LogP contribution in [0.1, 0.15) is 43.1 Å². The van der Waals surface area contributed by atoms with E-state index in [2.05, 4.69) is 10.6 Å². The van der Waals surface area contributed by atoms with Crippen molar-refractivity contribution in [2.45, 2.75) is 45.7 Å². The first-order chi connectivity index (χ1) is 11.9. The lowest BCUT2D eigenvalue weighted by atomic mass is 9.96. The van der Waals surface area contributed by atoms with E-state index in [4.69, 9.17) is 0 Å². The number of Topliss-reactive ketones (excluding diaryl/α,β-unsaturated/α-hetero) is 1. The second-order valence-corrected chi connectivity index (χ2v) is 7.01. The minimum absolute atomic E-state index is 0.0737. The Morgan fingerprint density at radius 2 is 1.96 bits per heavy atom. The summed E-state index contributed by atoms with van der Waals surface area (Å²) in [5.41, 5.74) is 4.66. The number of rotatable bonds is 3. The van der Waals surface area contributed by atoms with Crippen LogP contribution in [-0.4, -0.2) is 23.8 Å². The molecule has 0 bridgehead atoms. The number of anilines is 1. The fraction of sp³-hybridized carbons (Fsp3) is 0.333. The highest BCUT2D eigenvalue weighted by molar-refractivity contribution is 5.96. The Balaban J connectivity index is 2.02. The van der Waals surface area contributed by atoms with Gasteiger partial charge in [0.25, 0.3) is 5.91 Å². The van der Waals surface area contributed by atoms with Gasteiger partial charge in [-0.25, -0.2) is 0 Å². The molecule has 0 aliphatic carbocycles. The number of hydrogen-bond donors (Lipinski definition) is 2. The van der Waals surface area contributed by atoms with Crippen LogP contribution in [0.15, 0.2) is 42.5 Å². The maximum atomic E-state index is 12.3. The van der Waals surface area contributed by atoms with Gasteiger partial charge in [0, 0.05) is 41.7 Å².